The molecular formula is C18H19N3O4. The Hall–Kier alpha value is -2.83. The van der Waals surface area contributed by atoms with Crippen molar-refractivity contribution in [3.05, 3.63) is 42.1 Å². The molecule has 1 aromatic carbocycles. The zero-order valence-electron chi connectivity index (χ0n) is 13.8. The molecule has 2 aliphatic heterocycles. The van der Waals surface area contributed by atoms with E-state index in [2.05, 4.69) is 10.2 Å². The first-order valence-corrected chi connectivity index (χ1v) is 8.43. The minimum absolute atomic E-state index is 0.0604. The van der Waals surface area contributed by atoms with Crippen molar-refractivity contribution < 1.29 is 19.0 Å². The standard InChI is InChI=1S/C18H19N3O4/c22-18(14-5-1-6-15-17(14)24-11-10-23-15)21-9-3-4-13(12-21)25-16-7-2-8-19-20-16/h1-2,5-8,13H,3-4,9-12H2. The fourth-order valence-electron chi connectivity index (χ4n) is 3.15. The molecule has 0 bridgehead atoms. The van der Waals surface area contributed by atoms with Gasteiger partial charge < -0.3 is 19.1 Å². The van der Waals surface area contributed by atoms with Crippen LogP contribution in [0.5, 0.6) is 17.4 Å². The third-order valence-electron chi connectivity index (χ3n) is 4.30. The van der Waals surface area contributed by atoms with Gasteiger partial charge in [0.1, 0.15) is 19.3 Å². The largest absolute Gasteiger partial charge is 0.486 e. The minimum atomic E-state index is -0.0916. The minimum Gasteiger partial charge on any atom is -0.486 e. The monoisotopic (exact) mass is 341 g/mol. The van der Waals surface area contributed by atoms with Gasteiger partial charge in [0, 0.05) is 18.8 Å². The number of hydrogen-bond donors (Lipinski definition) is 0. The molecule has 1 atom stereocenters. The Bertz CT molecular complexity index is 753. The van der Waals surface area contributed by atoms with Crippen LogP contribution in [0.25, 0.3) is 0 Å². The lowest BCUT2D eigenvalue weighted by molar-refractivity contribution is 0.0518. The summed E-state index contributed by atoms with van der Waals surface area (Å²) in [6, 6.07) is 8.97. The number of hydrogen-bond acceptors (Lipinski definition) is 6. The number of benzene rings is 1. The number of fused-ring (bicyclic) bond motifs is 1. The van der Waals surface area contributed by atoms with Crippen LogP contribution in [0.2, 0.25) is 0 Å². The van der Waals surface area contributed by atoms with Gasteiger partial charge in [-0.2, -0.15) is 5.10 Å². The first-order valence-electron chi connectivity index (χ1n) is 8.43. The van der Waals surface area contributed by atoms with Crippen LogP contribution >= 0.6 is 0 Å². The van der Waals surface area contributed by atoms with Gasteiger partial charge in [0.25, 0.3) is 5.91 Å². The van der Waals surface area contributed by atoms with Gasteiger partial charge >= 0.3 is 0 Å². The summed E-state index contributed by atoms with van der Waals surface area (Å²) in [4.78, 5) is 14.8. The predicted octanol–water partition coefficient (Wildman–Crippen LogP) is 1.93. The highest BCUT2D eigenvalue weighted by molar-refractivity contribution is 5.98. The van der Waals surface area contributed by atoms with Gasteiger partial charge in [0.05, 0.1) is 12.1 Å². The molecule has 7 heteroatoms. The van der Waals surface area contributed by atoms with E-state index in [0.29, 0.717) is 49.2 Å². The molecule has 1 unspecified atom stereocenters. The maximum absolute atomic E-state index is 13.0. The Labute approximate surface area is 145 Å². The van der Waals surface area contributed by atoms with Gasteiger partial charge in [-0.15, -0.1) is 5.10 Å². The third kappa shape index (κ3) is 3.35. The van der Waals surface area contributed by atoms with Crippen LogP contribution in [-0.2, 0) is 0 Å². The van der Waals surface area contributed by atoms with Crippen molar-refractivity contribution >= 4 is 5.91 Å². The molecule has 2 aliphatic rings. The predicted molar refractivity (Wildman–Crippen MR) is 89.0 cm³/mol. The van der Waals surface area contributed by atoms with Gasteiger partial charge in [0.2, 0.25) is 5.88 Å². The summed E-state index contributed by atoms with van der Waals surface area (Å²) in [5, 5.41) is 7.76. The van der Waals surface area contributed by atoms with Crippen LogP contribution in [0, 0.1) is 0 Å². The molecule has 0 saturated carbocycles. The SMILES string of the molecule is O=C(c1cccc2c1OCCO2)N1CCCC(Oc2cccnn2)C1. The fourth-order valence-corrected chi connectivity index (χ4v) is 3.15. The zero-order chi connectivity index (χ0) is 17.1. The summed E-state index contributed by atoms with van der Waals surface area (Å²) in [6.45, 7) is 2.17. The zero-order valence-corrected chi connectivity index (χ0v) is 13.8. The van der Waals surface area contributed by atoms with Crippen LogP contribution in [0.4, 0.5) is 0 Å². The summed E-state index contributed by atoms with van der Waals surface area (Å²) in [6.07, 6.45) is 3.27. The van der Waals surface area contributed by atoms with Crippen molar-refractivity contribution in [1.82, 2.24) is 15.1 Å². The summed E-state index contributed by atoms with van der Waals surface area (Å²) >= 11 is 0. The Morgan fingerprint density at radius 1 is 1.20 bits per heavy atom. The highest BCUT2D eigenvalue weighted by atomic mass is 16.6. The van der Waals surface area contributed by atoms with E-state index in [1.807, 2.05) is 12.1 Å². The molecule has 130 valence electrons. The van der Waals surface area contributed by atoms with E-state index in [-0.39, 0.29) is 12.0 Å². The molecular weight excluding hydrogens is 322 g/mol. The molecule has 1 saturated heterocycles. The second-order valence-corrected chi connectivity index (χ2v) is 6.02. The second-order valence-electron chi connectivity index (χ2n) is 6.02. The lowest BCUT2D eigenvalue weighted by atomic mass is 10.1. The molecule has 25 heavy (non-hydrogen) atoms. The number of aromatic nitrogens is 2. The summed E-state index contributed by atoms with van der Waals surface area (Å²) < 4.78 is 17.1. The van der Waals surface area contributed by atoms with Crippen LogP contribution in [0.15, 0.2) is 36.5 Å². The topological polar surface area (TPSA) is 73.8 Å². The van der Waals surface area contributed by atoms with Gasteiger partial charge in [-0.1, -0.05) is 6.07 Å². The molecule has 1 fully saturated rings. The number of likely N-dealkylation sites (tertiary alicyclic amines) is 1. The summed E-state index contributed by atoms with van der Waals surface area (Å²) in [5.74, 6) is 1.59. The van der Waals surface area contributed by atoms with Crippen molar-refractivity contribution in [3.63, 3.8) is 0 Å². The Morgan fingerprint density at radius 2 is 2.12 bits per heavy atom. The third-order valence-corrected chi connectivity index (χ3v) is 4.30. The molecule has 0 aliphatic carbocycles. The van der Waals surface area contributed by atoms with Crippen molar-refractivity contribution in [2.24, 2.45) is 0 Å². The Kier molecular flexibility index (Phi) is 4.37. The van der Waals surface area contributed by atoms with Gasteiger partial charge in [0.15, 0.2) is 11.5 Å². The average Bonchev–Trinajstić information content (AvgIpc) is 2.68. The first kappa shape index (κ1) is 15.7. The summed E-state index contributed by atoms with van der Waals surface area (Å²) in [5.41, 5.74) is 0.539. The molecule has 4 rings (SSSR count). The highest BCUT2D eigenvalue weighted by Crippen LogP contribution is 2.34. The molecule has 3 heterocycles. The van der Waals surface area contributed by atoms with Crippen LogP contribution < -0.4 is 14.2 Å². The van der Waals surface area contributed by atoms with E-state index in [1.54, 1.807) is 29.3 Å². The van der Waals surface area contributed by atoms with E-state index in [1.165, 1.54) is 0 Å². The van der Waals surface area contributed by atoms with Gasteiger partial charge in [-0.25, -0.2) is 0 Å². The maximum atomic E-state index is 13.0. The van der Waals surface area contributed by atoms with E-state index >= 15 is 0 Å². The van der Waals surface area contributed by atoms with Crippen LogP contribution in [0.1, 0.15) is 23.2 Å². The number of nitrogens with zero attached hydrogens (tertiary/aromatic N) is 3. The number of rotatable bonds is 3. The lowest BCUT2D eigenvalue weighted by Gasteiger charge is -2.33. The van der Waals surface area contributed by atoms with Gasteiger partial charge in [-0.3, -0.25) is 4.79 Å². The number of carbonyl (C=O) groups is 1. The lowest BCUT2D eigenvalue weighted by Crippen LogP contribution is -2.44. The molecule has 0 radical (unpaired) electrons. The van der Waals surface area contributed by atoms with Crippen LogP contribution in [-0.4, -0.2) is 53.4 Å². The highest BCUT2D eigenvalue weighted by Gasteiger charge is 2.29. The van der Waals surface area contributed by atoms with Gasteiger partial charge in [-0.05, 0) is 31.0 Å². The normalized spacial score (nSPS) is 19.4. The molecule has 7 nitrogen and oxygen atoms in total. The smallest absolute Gasteiger partial charge is 0.257 e. The molecule has 1 amide bonds. The first-order chi connectivity index (χ1) is 12.3. The number of amides is 1. The fraction of sp³-hybridized carbons (Fsp3) is 0.389. The molecule has 2 aromatic rings. The molecule has 1 aromatic heterocycles. The second kappa shape index (κ2) is 6.96. The van der Waals surface area contributed by atoms with Crippen LogP contribution in [0.3, 0.4) is 0 Å². The Morgan fingerprint density at radius 3 is 3.00 bits per heavy atom. The van der Waals surface area contributed by atoms with Crippen molar-refractivity contribution in [1.29, 1.82) is 0 Å². The van der Waals surface area contributed by atoms with E-state index in [4.69, 9.17) is 14.2 Å². The van der Waals surface area contributed by atoms with Crippen molar-refractivity contribution in [2.75, 3.05) is 26.3 Å². The van der Waals surface area contributed by atoms with E-state index in [0.717, 1.165) is 12.8 Å². The van der Waals surface area contributed by atoms with E-state index < -0.39 is 0 Å². The van der Waals surface area contributed by atoms with Crippen molar-refractivity contribution in [3.8, 4) is 17.4 Å². The quantitative estimate of drug-likeness (QED) is 0.849. The number of piperidine rings is 1. The summed E-state index contributed by atoms with van der Waals surface area (Å²) in [7, 11) is 0. The van der Waals surface area contributed by atoms with E-state index in [9.17, 15) is 4.79 Å². The Balaban J connectivity index is 1.49. The number of carbonyl (C=O) groups excluding carboxylic acids is 1. The number of para-hydroxylation sites is 1. The number of ether oxygens (including phenoxy) is 3. The average molecular weight is 341 g/mol. The molecule has 0 spiro atoms. The molecule has 0 N–H and O–H groups in total. The maximum Gasteiger partial charge on any atom is 0.257 e. The van der Waals surface area contributed by atoms with Crippen molar-refractivity contribution in [2.45, 2.75) is 18.9 Å².